The van der Waals surface area contributed by atoms with Crippen molar-refractivity contribution in [1.82, 2.24) is 15.0 Å². The van der Waals surface area contributed by atoms with E-state index in [9.17, 15) is 0 Å². The number of ether oxygens (including phenoxy) is 2. The van der Waals surface area contributed by atoms with Gasteiger partial charge in [0.25, 0.3) is 0 Å². The van der Waals surface area contributed by atoms with E-state index in [0.29, 0.717) is 18.5 Å². The van der Waals surface area contributed by atoms with Gasteiger partial charge in [-0.05, 0) is 36.8 Å². The molecule has 0 spiro atoms. The molecule has 1 aromatic heterocycles. The Labute approximate surface area is 117 Å². The molecule has 1 fully saturated rings. The Hall–Kier alpha value is -1.14. The fourth-order valence-electron chi connectivity index (χ4n) is 1.82. The second-order valence-electron chi connectivity index (χ2n) is 4.50. The van der Waals surface area contributed by atoms with Crippen LogP contribution in [0.2, 0.25) is 5.28 Å². The number of anilines is 1. The molecule has 0 bridgehead atoms. The molecule has 6 nitrogen and oxygen atoms in total. The number of nitrogens with one attached hydrogen (secondary N) is 1. The van der Waals surface area contributed by atoms with Crippen molar-refractivity contribution in [3.8, 4) is 6.01 Å². The van der Waals surface area contributed by atoms with Crippen molar-refractivity contribution in [1.29, 1.82) is 0 Å². The van der Waals surface area contributed by atoms with Crippen LogP contribution in [0, 0.1) is 5.92 Å². The van der Waals surface area contributed by atoms with Crippen molar-refractivity contribution in [2.24, 2.45) is 5.92 Å². The Balaban J connectivity index is 1.89. The topological polar surface area (TPSA) is 69.2 Å². The summed E-state index contributed by atoms with van der Waals surface area (Å²) < 4.78 is 10.9. The van der Waals surface area contributed by atoms with Crippen LogP contribution < -0.4 is 10.1 Å². The monoisotopic (exact) mass is 286 g/mol. The number of hydrogen-bond donors (Lipinski definition) is 1. The molecule has 0 atom stereocenters. The zero-order valence-electron chi connectivity index (χ0n) is 11.1. The molecule has 0 radical (unpaired) electrons. The first-order chi connectivity index (χ1) is 9.28. The third-order valence-electron chi connectivity index (χ3n) is 2.91. The number of halogens is 1. The smallest absolute Gasteiger partial charge is 0.322 e. The van der Waals surface area contributed by atoms with E-state index in [-0.39, 0.29) is 11.3 Å². The zero-order valence-corrected chi connectivity index (χ0v) is 11.8. The maximum absolute atomic E-state index is 5.85. The third kappa shape index (κ3) is 4.80. The summed E-state index contributed by atoms with van der Waals surface area (Å²) in [6, 6.07) is 0.282. The van der Waals surface area contributed by atoms with Gasteiger partial charge in [0.1, 0.15) is 0 Å². The van der Waals surface area contributed by atoms with Crippen molar-refractivity contribution >= 4 is 17.5 Å². The predicted octanol–water partition coefficient (Wildman–Crippen LogP) is 2.15. The van der Waals surface area contributed by atoms with E-state index in [1.54, 1.807) is 0 Å². The molecule has 0 aliphatic carbocycles. The summed E-state index contributed by atoms with van der Waals surface area (Å²) in [4.78, 5) is 12.2. The number of nitrogens with zero attached hydrogens (tertiary/aromatic N) is 3. The van der Waals surface area contributed by atoms with Gasteiger partial charge in [0.15, 0.2) is 0 Å². The lowest BCUT2D eigenvalue weighted by Crippen LogP contribution is -2.22. The Morgan fingerprint density at radius 1 is 1.32 bits per heavy atom. The summed E-state index contributed by atoms with van der Waals surface area (Å²) in [5.41, 5.74) is 0. The van der Waals surface area contributed by atoms with Crippen molar-refractivity contribution in [2.75, 3.05) is 31.7 Å². The zero-order chi connectivity index (χ0) is 13.5. The molecule has 1 N–H and O–H groups in total. The molecule has 1 saturated heterocycles. The molecular formula is C12H19ClN4O2. The molecule has 106 valence electrons. The fraction of sp³-hybridized carbons (Fsp3) is 0.750. The maximum atomic E-state index is 5.85. The summed E-state index contributed by atoms with van der Waals surface area (Å²) in [5, 5.41) is 3.22. The highest BCUT2D eigenvalue weighted by molar-refractivity contribution is 6.28. The molecule has 2 heterocycles. The minimum Gasteiger partial charge on any atom is -0.463 e. The van der Waals surface area contributed by atoms with E-state index in [4.69, 9.17) is 21.1 Å². The lowest BCUT2D eigenvalue weighted by atomic mass is 10.0. The summed E-state index contributed by atoms with van der Waals surface area (Å²) in [6.45, 7) is 5.06. The van der Waals surface area contributed by atoms with Crippen molar-refractivity contribution < 1.29 is 9.47 Å². The van der Waals surface area contributed by atoms with E-state index >= 15 is 0 Å². The first kappa shape index (κ1) is 14.3. The van der Waals surface area contributed by atoms with Gasteiger partial charge in [-0.15, -0.1) is 0 Å². The van der Waals surface area contributed by atoms with Gasteiger partial charge in [-0.25, -0.2) is 0 Å². The van der Waals surface area contributed by atoms with Crippen molar-refractivity contribution in [3.63, 3.8) is 0 Å². The highest BCUT2D eigenvalue weighted by Gasteiger charge is 2.15. The average molecular weight is 287 g/mol. The van der Waals surface area contributed by atoms with Gasteiger partial charge >= 0.3 is 6.01 Å². The Morgan fingerprint density at radius 2 is 2.11 bits per heavy atom. The molecule has 0 unspecified atom stereocenters. The first-order valence-corrected chi connectivity index (χ1v) is 7.01. The minimum atomic E-state index is 0.149. The summed E-state index contributed by atoms with van der Waals surface area (Å²) >= 11 is 5.85. The minimum absolute atomic E-state index is 0.149. The Kier molecular flexibility index (Phi) is 5.60. The van der Waals surface area contributed by atoms with Crippen LogP contribution in [-0.4, -0.2) is 41.3 Å². The van der Waals surface area contributed by atoms with Crippen LogP contribution in [0.1, 0.15) is 26.2 Å². The second-order valence-corrected chi connectivity index (χ2v) is 4.84. The van der Waals surface area contributed by atoms with Crippen LogP contribution in [0.25, 0.3) is 0 Å². The summed E-state index contributed by atoms with van der Waals surface area (Å²) in [7, 11) is 0. The highest BCUT2D eigenvalue weighted by Crippen LogP contribution is 2.17. The normalized spacial score (nSPS) is 16.3. The molecule has 0 saturated carbocycles. The Morgan fingerprint density at radius 3 is 2.84 bits per heavy atom. The lowest BCUT2D eigenvalue weighted by molar-refractivity contribution is 0.0482. The quantitative estimate of drug-likeness (QED) is 0.864. The SMILES string of the molecule is CCCNc1nc(Cl)nc(OCC2CCOCC2)n1. The van der Waals surface area contributed by atoms with Gasteiger partial charge in [-0.3, -0.25) is 0 Å². The molecule has 2 rings (SSSR count). The summed E-state index contributed by atoms with van der Waals surface area (Å²) in [5.74, 6) is 0.958. The second kappa shape index (κ2) is 7.45. The van der Waals surface area contributed by atoms with Gasteiger partial charge in [0, 0.05) is 19.8 Å². The Bertz CT molecular complexity index is 399. The average Bonchev–Trinajstić information content (AvgIpc) is 2.43. The third-order valence-corrected chi connectivity index (χ3v) is 3.08. The molecule has 1 aliphatic rings. The van der Waals surface area contributed by atoms with Gasteiger partial charge in [0.2, 0.25) is 11.2 Å². The lowest BCUT2D eigenvalue weighted by Gasteiger charge is -2.21. The van der Waals surface area contributed by atoms with Gasteiger partial charge in [-0.1, -0.05) is 6.92 Å². The highest BCUT2D eigenvalue weighted by atomic mass is 35.5. The van der Waals surface area contributed by atoms with Gasteiger partial charge < -0.3 is 14.8 Å². The largest absolute Gasteiger partial charge is 0.463 e. The van der Waals surface area contributed by atoms with Crippen LogP contribution >= 0.6 is 11.6 Å². The summed E-state index contributed by atoms with van der Waals surface area (Å²) in [6.07, 6.45) is 3.01. The van der Waals surface area contributed by atoms with Crippen LogP contribution in [-0.2, 0) is 4.74 Å². The van der Waals surface area contributed by atoms with Crippen LogP contribution in [0.4, 0.5) is 5.95 Å². The van der Waals surface area contributed by atoms with E-state index in [1.165, 1.54) is 0 Å². The molecule has 7 heteroatoms. The van der Waals surface area contributed by atoms with Crippen LogP contribution in [0.5, 0.6) is 6.01 Å². The van der Waals surface area contributed by atoms with E-state index in [1.807, 2.05) is 0 Å². The molecule has 0 aromatic carbocycles. The van der Waals surface area contributed by atoms with Gasteiger partial charge in [0.05, 0.1) is 6.61 Å². The number of aromatic nitrogens is 3. The first-order valence-electron chi connectivity index (χ1n) is 6.64. The van der Waals surface area contributed by atoms with Crippen molar-refractivity contribution in [3.05, 3.63) is 5.28 Å². The standard InChI is InChI=1S/C12H19ClN4O2/c1-2-5-14-11-15-10(13)16-12(17-11)19-8-9-3-6-18-7-4-9/h9H,2-8H2,1H3,(H,14,15,16,17). The predicted molar refractivity (Wildman–Crippen MR) is 72.7 cm³/mol. The van der Waals surface area contributed by atoms with E-state index < -0.39 is 0 Å². The number of rotatable bonds is 6. The molecule has 1 aliphatic heterocycles. The number of hydrogen-bond acceptors (Lipinski definition) is 6. The van der Waals surface area contributed by atoms with Crippen LogP contribution in [0.15, 0.2) is 0 Å². The van der Waals surface area contributed by atoms with Crippen LogP contribution in [0.3, 0.4) is 0 Å². The van der Waals surface area contributed by atoms with Crippen molar-refractivity contribution in [2.45, 2.75) is 26.2 Å². The molecule has 1 aromatic rings. The van der Waals surface area contributed by atoms with E-state index in [2.05, 4.69) is 27.2 Å². The van der Waals surface area contributed by atoms with Gasteiger partial charge in [-0.2, -0.15) is 15.0 Å². The molecule has 19 heavy (non-hydrogen) atoms. The fourth-order valence-corrected chi connectivity index (χ4v) is 1.97. The molecular weight excluding hydrogens is 268 g/mol. The maximum Gasteiger partial charge on any atom is 0.322 e. The molecule has 0 amide bonds. The van der Waals surface area contributed by atoms with E-state index in [0.717, 1.165) is 39.0 Å².